The first-order chi connectivity index (χ1) is 3.00. The first-order valence-electron chi connectivity index (χ1n) is 2.01. The monoisotopic (exact) mass is 122 g/mol. The van der Waals surface area contributed by atoms with E-state index in [1.807, 2.05) is 0 Å². The Morgan fingerprint density at radius 1 is 1.67 bits per heavy atom. The molecule has 0 aromatic rings. The fourth-order valence-corrected chi connectivity index (χ4v) is 2.17. The van der Waals surface area contributed by atoms with Gasteiger partial charge < -0.3 is 4.18 Å². The molecule has 1 aliphatic rings. The van der Waals surface area contributed by atoms with Crippen LogP contribution in [0.5, 0.6) is 0 Å². The fourth-order valence-electron chi connectivity index (χ4n) is 0.328. The van der Waals surface area contributed by atoms with Crippen molar-refractivity contribution in [2.24, 2.45) is 0 Å². The summed E-state index contributed by atoms with van der Waals surface area (Å²) in [5, 5.41) is 0. The van der Waals surface area contributed by atoms with Gasteiger partial charge in [0.25, 0.3) is 0 Å². The quantitative estimate of drug-likeness (QED) is 0.357. The van der Waals surface area contributed by atoms with Crippen LogP contribution >= 0.6 is 19.4 Å². The molecule has 1 nitrogen and oxygen atoms in total. The lowest BCUT2D eigenvalue weighted by Crippen LogP contribution is -1.90. The summed E-state index contributed by atoms with van der Waals surface area (Å²) in [6.45, 7) is 0.970. The van der Waals surface area contributed by atoms with Crippen LogP contribution in [0.3, 0.4) is 0 Å². The molecule has 1 fully saturated rings. The third kappa shape index (κ3) is 1.46. The van der Waals surface area contributed by atoms with Crippen LogP contribution in [-0.2, 0) is 4.18 Å². The molecule has 0 aliphatic carbocycles. The molecule has 6 heavy (non-hydrogen) atoms. The molecule has 0 amide bonds. The highest BCUT2D eigenvalue weighted by atomic mass is 32.7. The van der Waals surface area contributed by atoms with E-state index >= 15 is 0 Å². The van der Waals surface area contributed by atoms with Gasteiger partial charge in [-0.25, -0.2) is 0 Å². The van der Waals surface area contributed by atoms with Crippen LogP contribution in [0.25, 0.3) is 0 Å². The summed E-state index contributed by atoms with van der Waals surface area (Å²) in [4.78, 5) is 0. The van der Waals surface area contributed by atoms with Gasteiger partial charge in [-0.2, -0.15) is 0 Å². The van der Waals surface area contributed by atoms with Crippen LogP contribution in [0.2, 0.25) is 0 Å². The van der Waals surface area contributed by atoms with Gasteiger partial charge in [0, 0.05) is 11.7 Å². The Labute approximate surface area is 43.6 Å². The number of hydrogen-bond acceptors (Lipinski definition) is 2. The molecule has 0 saturated carbocycles. The molecule has 0 aromatic carbocycles. The van der Waals surface area contributed by atoms with Gasteiger partial charge in [-0.15, -0.1) is 0 Å². The van der Waals surface area contributed by atoms with Crippen molar-refractivity contribution in [2.75, 3.05) is 12.8 Å². The van der Waals surface area contributed by atoms with Crippen molar-refractivity contribution in [3.05, 3.63) is 0 Å². The predicted octanol–water partition coefficient (Wildman–Crippen LogP) is 1.65. The largest absolute Gasteiger partial charge is 0.311 e. The lowest BCUT2D eigenvalue weighted by Gasteiger charge is -2.06. The second-order valence-electron chi connectivity index (χ2n) is 1.15. The van der Waals surface area contributed by atoms with E-state index in [-0.39, 0.29) is 0 Å². The molecule has 0 aromatic heterocycles. The molecule has 1 heterocycles. The Kier molecular flexibility index (Phi) is 2.31. The molecule has 1 atom stereocenters. The van der Waals surface area contributed by atoms with Crippen molar-refractivity contribution in [2.45, 2.75) is 6.42 Å². The zero-order chi connectivity index (χ0) is 4.24. The van der Waals surface area contributed by atoms with Crippen molar-refractivity contribution in [1.82, 2.24) is 0 Å². The van der Waals surface area contributed by atoms with E-state index in [0.29, 0.717) is 0 Å². The minimum Gasteiger partial charge on any atom is -0.311 e. The highest BCUT2D eigenvalue weighted by Crippen LogP contribution is 2.34. The van der Waals surface area contributed by atoms with Crippen LogP contribution in [0.4, 0.5) is 0 Å². The van der Waals surface area contributed by atoms with E-state index < -0.39 is 0 Å². The molecule has 1 rings (SSSR count). The summed E-state index contributed by atoms with van der Waals surface area (Å²) < 4.78 is 5.00. The summed E-state index contributed by atoms with van der Waals surface area (Å²) in [7, 11) is 0.996. The van der Waals surface area contributed by atoms with Gasteiger partial charge in [0.05, 0.1) is 6.61 Å². The van der Waals surface area contributed by atoms with E-state index in [2.05, 4.69) is 0 Å². The van der Waals surface area contributed by atoms with E-state index in [0.717, 1.165) is 14.4 Å². The lowest BCUT2D eigenvalue weighted by molar-refractivity contribution is 0.376. The molecular weight excluding hydrogens is 115 g/mol. The topological polar surface area (TPSA) is 9.23 Å². The first kappa shape index (κ1) is 4.89. The van der Waals surface area contributed by atoms with Gasteiger partial charge in [0.2, 0.25) is 0 Å². The Bertz CT molecular complexity index is 26.3. The minimum absolute atomic E-state index is 0.970. The van der Waals surface area contributed by atoms with Gasteiger partial charge in [0.15, 0.2) is 0 Å². The van der Waals surface area contributed by atoms with Gasteiger partial charge in [0.1, 0.15) is 0 Å². The Hall–Kier alpha value is 0.740. The molecule has 3 heteroatoms. The van der Waals surface area contributed by atoms with Crippen molar-refractivity contribution >= 4 is 19.4 Å². The molecule has 36 valence electrons. The van der Waals surface area contributed by atoms with Crippen molar-refractivity contribution in [1.29, 1.82) is 0 Å². The number of hydrogen-bond donors (Lipinski definition) is 0. The second-order valence-corrected chi connectivity index (χ2v) is 3.71. The second kappa shape index (κ2) is 2.84. The van der Waals surface area contributed by atoms with E-state index in [1.165, 1.54) is 12.6 Å². The standard InChI is InChI=1S/C3H7OPS/c1-2-4-6-5-3-1/h5H,1-3H2. The van der Waals surface area contributed by atoms with Crippen molar-refractivity contribution in [3.8, 4) is 0 Å². The summed E-state index contributed by atoms with van der Waals surface area (Å²) in [5.41, 5.74) is 0. The van der Waals surface area contributed by atoms with Gasteiger partial charge in [-0.3, -0.25) is 0 Å². The maximum absolute atomic E-state index is 5.00. The maximum atomic E-state index is 5.00. The molecule has 1 unspecified atom stereocenters. The summed E-state index contributed by atoms with van der Waals surface area (Å²) in [6.07, 6.45) is 2.64. The zero-order valence-electron chi connectivity index (χ0n) is 3.44. The molecular formula is C3H7OPS. The van der Waals surface area contributed by atoms with Gasteiger partial charge >= 0.3 is 0 Å². The smallest absolute Gasteiger partial charge is 0.0621 e. The molecule has 0 radical (unpaired) electrons. The normalized spacial score (nSPS) is 28.0. The SMILES string of the molecule is C1COSPC1. The van der Waals surface area contributed by atoms with Crippen LogP contribution < -0.4 is 0 Å². The highest BCUT2D eigenvalue weighted by Gasteiger charge is 1.96. The van der Waals surface area contributed by atoms with E-state index in [4.69, 9.17) is 4.18 Å². The molecule has 1 aliphatic heterocycles. The third-order valence-corrected chi connectivity index (χ3v) is 2.90. The fraction of sp³-hybridized carbons (Fsp3) is 1.00. The molecule has 1 saturated heterocycles. The average molecular weight is 122 g/mol. The highest BCUT2D eigenvalue weighted by molar-refractivity contribution is 8.46. The molecule has 0 bridgehead atoms. The Morgan fingerprint density at radius 3 is 2.83 bits per heavy atom. The number of rotatable bonds is 0. The van der Waals surface area contributed by atoms with Crippen molar-refractivity contribution in [3.63, 3.8) is 0 Å². The third-order valence-electron chi connectivity index (χ3n) is 0.624. The zero-order valence-corrected chi connectivity index (χ0v) is 5.25. The van der Waals surface area contributed by atoms with Crippen LogP contribution in [0, 0.1) is 0 Å². The first-order valence-corrected chi connectivity index (χ1v) is 4.69. The van der Waals surface area contributed by atoms with Crippen molar-refractivity contribution < 1.29 is 4.18 Å². The van der Waals surface area contributed by atoms with Gasteiger partial charge in [-0.05, 0) is 20.4 Å². The van der Waals surface area contributed by atoms with E-state index in [9.17, 15) is 0 Å². The summed E-state index contributed by atoms with van der Waals surface area (Å²) in [6, 6.07) is 0. The Balaban J connectivity index is 2.00. The predicted molar refractivity (Wildman–Crippen MR) is 31.3 cm³/mol. The lowest BCUT2D eigenvalue weighted by atomic mass is 10.5. The average Bonchev–Trinajstić information content (AvgIpc) is 1.72. The van der Waals surface area contributed by atoms with E-state index in [1.54, 1.807) is 11.7 Å². The van der Waals surface area contributed by atoms with Crippen LogP contribution in [0.1, 0.15) is 6.42 Å². The molecule has 0 N–H and O–H groups in total. The summed E-state index contributed by atoms with van der Waals surface area (Å²) >= 11 is 1.62. The molecule has 0 spiro atoms. The summed E-state index contributed by atoms with van der Waals surface area (Å²) in [5.74, 6) is 0. The minimum atomic E-state index is 0.970. The van der Waals surface area contributed by atoms with Crippen LogP contribution in [0.15, 0.2) is 0 Å². The van der Waals surface area contributed by atoms with Crippen LogP contribution in [-0.4, -0.2) is 12.8 Å². The Morgan fingerprint density at radius 2 is 2.67 bits per heavy atom. The van der Waals surface area contributed by atoms with Gasteiger partial charge in [-0.1, -0.05) is 0 Å². The maximum Gasteiger partial charge on any atom is 0.0621 e.